The maximum Gasteiger partial charge on any atom is -0.0417 e. The molecule has 2 atom stereocenters. The van der Waals surface area contributed by atoms with Gasteiger partial charge in [0, 0.05) is 0 Å². The fourth-order valence-electron chi connectivity index (χ4n) is 1.33. The quantitative estimate of drug-likeness (QED) is 0.469. The SMILES string of the molecule is C.C.CC1CCC[C@@H]1C. The zero-order valence-electron chi connectivity index (χ0n) is 5.28. The van der Waals surface area contributed by atoms with Gasteiger partial charge >= 0.3 is 0 Å². The predicted octanol–water partition coefficient (Wildman–Crippen LogP) is 3.71. The second-order valence-corrected chi connectivity index (χ2v) is 2.89. The zero-order chi connectivity index (χ0) is 5.28. The van der Waals surface area contributed by atoms with E-state index in [1.807, 2.05) is 0 Å². The molecule has 0 radical (unpaired) electrons. The zero-order valence-corrected chi connectivity index (χ0v) is 5.28. The van der Waals surface area contributed by atoms with Gasteiger partial charge in [0.05, 0.1) is 0 Å². The monoisotopic (exact) mass is 130 g/mol. The predicted molar refractivity (Wildman–Crippen MR) is 45.6 cm³/mol. The molecule has 1 saturated carbocycles. The summed E-state index contributed by atoms with van der Waals surface area (Å²) in [7, 11) is 0. The minimum absolute atomic E-state index is 0. The number of rotatable bonds is 0. The molecule has 1 aliphatic carbocycles. The molecule has 0 aromatic carbocycles. The van der Waals surface area contributed by atoms with E-state index in [1.54, 1.807) is 0 Å². The molecule has 0 heteroatoms. The maximum absolute atomic E-state index is 2.36. The standard InChI is InChI=1S/C7H14.2CH4/c1-6-4-3-5-7(6)2;;/h6-7H,3-5H2,1-2H3;2*1H4/t6-,7?;;/m0../s1. The van der Waals surface area contributed by atoms with Crippen LogP contribution in [0.2, 0.25) is 0 Å². The molecule has 1 fully saturated rings. The van der Waals surface area contributed by atoms with Crippen molar-refractivity contribution in [2.45, 2.75) is 48.0 Å². The van der Waals surface area contributed by atoms with Gasteiger partial charge in [0.25, 0.3) is 0 Å². The molecule has 0 aromatic heterocycles. The van der Waals surface area contributed by atoms with E-state index in [0.29, 0.717) is 0 Å². The highest BCUT2D eigenvalue weighted by molar-refractivity contribution is 4.69. The molecule has 9 heavy (non-hydrogen) atoms. The van der Waals surface area contributed by atoms with Crippen molar-refractivity contribution < 1.29 is 0 Å². The second-order valence-electron chi connectivity index (χ2n) is 2.89. The van der Waals surface area contributed by atoms with Crippen LogP contribution in [0, 0.1) is 11.8 Å². The highest BCUT2D eigenvalue weighted by atomic mass is 14.2. The topological polar surface area (TPSA) is 0 Å². The Hall–Kier alpha value is 0. The third kappa shape index (κ3) is 2.88. The highest BCUT2D eigenvalue weighted by Crippen LogP contribution is 2.29. The molecule has 1 unspecified atom stereocenters. The molecule has 0 saturated heterocycles. The number of hydrogen-bond acceptors (Lipinski definition) is 0. The molecule has 0 N–H and O–H groups in total. The van der Waals surface area contributed by atoms with E-state index in [2.05, 4.69) is 13.8 Å². The lowest BCUT2D eigenvalue weighted by molar-refractivity contribution is 0.457. The van der Waals surface area contributed by atoms with E-state index < -0.39 is 0 Å². The first-order valence-electron chi connectivity index (χ1n) is 3.30. The first-order chi connectivity index (χ1) is 3.30. The Morgan fingerprint density at radius 3 is 1.33 bits per heavy atom. The van der Waals surface area contributed by atoms with Gasteiger partial charge in [0.15, 0.2) is 0 Å². The Balaban J connectivity index is 0. The first kappa shape index (κ1) is 11.8. The van der Waals surface area contributed by atoms with Crippen LogP contribution < -0.4 is 0 Å². The van der Waals surface area contributed by atoms with E-state index in [0.717, 1.165) is 11.8 Å². The van der Waals surface area contributed by atoms with Crippen LogP contribution in [0.3, 0.4) is 0 Å². The van der Waals surface area contributed by atoms with Crippen molar-refractivity contribution in [1.82, 2.24) is 0 Å². The fraction of sp³-hybridized carbons (Fsp3) is 1.00. The molecule has 0 aromatic rings. The van der Waals surface area contributed by atoms with Gasteiger partial charge in [-0.25, -0.2) is 0 Å². The molecule has 1 aliphatic rings. The average Bonchev–Trinajstić information content (AvgIpc) is 1.91. The van der Waals surface area contributed by atoms with Gasteiger partial charge in [-0.3, -0.25) is 0 Å². The minimum Gasteiger partial charge on any atom is -0.0776 e. The van der Waals surface area contributed by atoms with Gasteiger partial charge in [-0.05, 0) is 11.8 Å². The van der Waals surface area contributed by atoms with Crippen LogP contribution in [0.15, 0.2) is 0 Å². The molecule has 58 valence electrons. The summed E-state index contributed by atoms with van der Waals surface area (Å²) in [5, 5.41) is 0. The summed E-state index contributed by atoms with van der Waals surface area (Å²) < 4.78 is 0. The Morgan fingerprint density at radius 1 is 0.889 bits per heavy atom. The lowest BCUT2D eigenvalue weighted by Gasteiger charge is -2.05. The Kier molecular flexibility index (Phi) is 6.32. The van der Waals surface area contributed by atoms with Crippen LogP contribution in [0.5, 0.6) is 0 Å². The smallest absolute Gasteiger partial charge is 0.0417 e. The van der Waals surface area contributed by atoms with Crippen molar-refractivity contribution >= 4 is 0 Å². The summed E-state index contributed by atoms with van der Waals surface area (Å²) in [4.78, 5) is 0. The van der Waals surface area contributed by atoms with Crippen LogP contribution in [0.1, 0.15) is 48.0 Å². The molecule has 0 amide bonds. The van der Waals surface area contributed by atoms with Crippen molar-refractivity contribution in [3.8, 4) is 0 Å². The Labute approximate surface area is 60.7 Å². The lowest BCUT2D eigenvalue weighted by Crippen LogP contribution is -1.95. The average molecular weight is 130 g/mol. The van der Waals surface area contributed by atoms with Gasteiger partial charge in [-0.1, -0.05) is 48.0 Å². The van der Waals surface area contributed by atoms with Crippen LogP contribution in [-0.2, 0) is 0 Å². The molecule has 0 heterocycles. The third-order valence-electron chi connectivity index (χ3n) is 2.29. The Morgan fingerprint density at radius 2 is 1.22 bits per heavy atom. The molecule has 0 bridgehead atoms. The summed E-state index contributed by atoms with van der Waals surface area (Å²) in [6, 6.07) is 0. The van der Waals surface area contributed by atoms with Crippen molar-refractivity contribution in [3.05, 3.63) is 0 Å². The number of hydrogen-bond donors (Lipinski definition) is 0. The minimum atomic E-state index is 0. The van der Waals surface area contributed by atoms with Gasteiger partial charge < -0.3 is 0 Å². The molecular weight excluding hydrogens is 108 g/mol. The largest absolute Gasteiger partial charge is 0.0776 e. The normalized spacial score (nSPS) is 32.7. The summed E-state index contributed by atoms with van der Waals surface area (Å²) >= 11 is 0. The van der Waals surface area contributed by atoms with E-state index in [4.69, 9.17) is 0 Å². The van der Waals surface area contributed by atoms with E-state index in [1.165, 1.54) is 19.3 Å². The van der Waals surface area contributed by atoms with E-state index >= 15 is 0 Å². The summed E-state index contributed by atoms with van der Waals surface area (Å²) in [6.07, 6.45) is 4.42. The first-order valence-corrected chi connectivity index (χ1v) is 3.30. The van der Waals surface area contributed by atoms with Crippen LogP contribution in [0.4, 0.5) is 0 Å². The van der Waals surface area contributed by atoms with E-state index in [-0.39, 0.29) is 14.9 Å². The molecule has 0 nitrogen and oxygen atoms in total. The van der Waals surface area contributed by atoms with Crippen molar-refractivity contribution in [2.75, 3.05) is 0 Å². The van der Waals surface area contributed by atoms with Crippen molar-refractivity contribution in [1.29, 1.82) is 0 Å². The Bertz CT molecular complexity index is 49.1. The molecular formula is C9H22. The summed E-state index contributed by atoms with van der Waals surface area (Å²) in [6.45, 7) is 4.72. The van der Waals surface area contributed by atoms with Gasteiger partial charge in [0.2, 0.25) is 0 Å². The van der Waals surface area contributed by atoms with Crippen LogP contribution in [0.25, 0.3) is 0 Å². The van der Waals surface area contributed by atoms with Crippen molar-refractivity contribution in [2.24, 2.45) is 11.8 Å². The maximum atomic E-state index is 2.36. The van der Waals surface area contributed by atoms with Crippen LogP contribution in [-0.4, -0.2) is 0 Å². The third-order valence-corrected chi connectivity index (χ3v) is 2.29. The van der Waals surface area contributed by atoms with E-state index in [9.17, 15) is 0 Å². The lowest BCUT2D eigenvalue weighted by atomic mass is 10.0. The second kappa shape index (κ2) is 4.84. The fourth-order valence-corrected chi connectivity index (χ4v) is 1.33. The summed E-state index contributed by atoms with van der Waals surface area (Å²) in [5.74, 6) is 2.03. The molecule has 0 aliphatic heterocycles. The van der Waals surface area contributed by atoms with Gasteiger partial charge in [-0.15, -0.1) is 0 Å². The molecule has 0 spiro atoms. The highest BCUT2D eigenvalue weighted by Gasteiger charge is 2.17. The van der Waals surface area contributed by atoms with Crippen LogP contribution >= 0.6 is 0 Å². The summed E-state index contributed by atoms with van der Waals surface area (Å²) in [5.41, 5.74) is 0. The van der Waals surface area contributed by atoms with Gasteiger partial charge in [0.1, 0.15) is 0 Å². The molecule has 1 rings (SSSR count). The van der Waals surface area contributed by atoms with Crippen molar-refractivity contribution in [3.63, 3.8) is 0 Å². The van der Waals surface area contributed by atoms with Gasteiger partial charge in [-0.2, -0.15) is 0 Å².